The molecular weight excluding hydrogens is 228 g/mol. The van der Waals surface area contributed by atoms with E-state index in [0.717, 1.165) is 25.0 Å². The molecule has 5 nitrogen and oxygen atoms in total. The van der Waals surface area contributed by atoms with Gasteiger partial charge in [0, 0.05) is 26.3 Å². The maximum Gasteiger partial charge on any atom is 0.257 e. The van der Waals surface area contributed by atoms with Gasteiger partial charge in [0.1, 0.15) is 0 Å². The molecule has 1 aromatic rings. The Hall–Kier alpha value is -1.36. The highest BCUT2D eigenvalue weighted by Crippen LogP contribution is 2.29. The molecule has 0 aromatic carbocycles. The third kappa shape index (κ3) is 2.27. The zero-order chi connectivity index (χ0) is 13.3. The van der Waals surface area contributed by atoms with Crippen molar-refractivity contribution in [3.05, 3.63) is 17.5 Å². The van der Waals surface area contributed by atoms with E-state index in [1.54, 1.807) is 10.9 Å². The summed E-state index contributed by atoms with van der Waals surface area (Å²) in [6.45, 7) is 2.53. The van der Waals surface area contributed by atoms with Gasteiger partial charge >= 0.3 is 0 Å². The Bertz CT molecular complexity index is 440. The van der Waals surface area contributed by atoms with E-state index >= 15 is 0 Å². The van der Waals surface area contributed by atoms with Gasteiger partial charge in [0.2, 0.25) is 0 Å². The molecule has 1 saturated carbocycles. The van der Waals surface area contributed by atoms with Gasteiger partial charge in [-0.15, -0.1) is 0 Å². The fourth-order valence-electron chi connectivity index (χ4n) is 2.95. The molecule has 1 fully saturated rings. The van der Waals surface area contributed by atoms with Gasteiger partial charge in [0.25, 0.3) is 5.91 Å². The Morgan fingerprint density at radius 1 is 1.61 bits per heavy atom. The maximum atomic E-state index is 12.5. The molecule has 5 heteroatoms. The van der Waals surface area contributed by atoms with Crippen LogP contribution in [-0.4, -0.2) is 40.2 Å². The summed E-state index contributed by atoms with van der Waals surface area (Å²) < 4.78 is 1.69. The molecule has 2 unspecified atom stereocenters. The van der Waals surface area contributed by atoms with Crippen molar-refractivity contribution in [2.45, 2.75) is 32.2 Å². The number of rotatable bonds is 3. The van der Waals surface area contributed by atoms with E-state index in [1.807, 2.05) is 25.9 Å². The molecule has 1 aliphatic carbocycles. The predicted octanol–water partition coefficient (Wildman–Crippen LogP) is 0.928. The second-order valence-electron chi connectivity index (χ2n) is 5.21. The van der Waals surface area contributed by atoms with Crippen LogP contribution in [0.2, 0.25) is 0 Å². The van der Waals surface area contributed by atoms with Gasteiger partial charge in [-0.25, -0.2) is 0 Å². The Labute approximate surface area is 108 Å². The fraction of sp³-hybridized carbons (Fsp3) is 0.692. The number of amides is 1. The largest absolute Gasteiger partial charge is 0.338 e. The summed E-state index contributed by atoms with van der Waals surface area (Å²) in [7, 11) is 3.72. The molecule has 1 amide bonds. The van der Waals surface area contributed by atoms with E-state index in [9.17, 15) is 4.79 Å². The van der Waals surface area contributed by atoms with Gasteiger partial charge in [0.15, 0.2) is 0 Å². The first-order chi connectivity index (χ1) is 8.54. The summed E-state index contributed by atoms with van der Waals surface area (Å²) in [5.41, 5.74) is 7.27. The Kier molecular flexibility index (Phi) is 3.71. The maximum absolute atomic E-state index is 12.5. The van der Waals surface area contributed by atoms with Crippen molar-refractivity contribution in [2.24, 2.45) is 18.7 Å². The van der Waals surface area contributed by atoms with Crippen molar-refractivity contribution in [1.29, 1.82) is 0 Å². The summed E-state index contributed by atoms with van der Waals surface area (Å²) in [5, 5.41) is 4.22. The standard InChI is InChI=1S/C13H22N4O/c1-9-11(8-16(2)15-9)13(18)17(3)12-6-4-5-10(12)7-14/h8,10,12H,4-7,14H2,1-3H3. The van der Waals surface area contributed by atoms with E-state index in [0.29, 0.717) is 18.0 Å². The van der Waals surface area contributed by atoms with Gasteiger partial charge in [-0.2, -0.15) is 5.10 Å². The highest BCUT2D eigenvalue weighted by atomic mass is 16.2. The van der Waals surface area contributed by atoms with Crippen LogP contribution in [0, 0.1) is 12.8 Å². The topological polar surface area (TPSA) is 64.2 Å². The quantitative estimate of drug-likeness (QED) is 0.868. The van der Waals surface area contributed by atoms with Gasteiger partial charge in [-0.3, -0.25) is 9.48 Å². The summed E-state index contributed by atoms with van der Waals surface area (Å²) in [6, 6.07) is 0.280. The second kappa shape index (κ2) is 5.10. The van der Waals surface area contributed by atoms with Crippen molar-refractivity contribution in [3.63, 3.8) is 0 Å². The summed E-state index contributed by atoms with van der Waals surface area (Å²) in [5.74, 6) is 0.502. The van der Waals surface area contributed by atoms with Crippen LogP contribution in [0.15, 0.2) is 6.20 Å². The van der Waals surface area contributed by atoms with Crippen LogP contribution in [0.4, 0.5) is 0 Å². The number of carbonyl (C=O) groups is 1. The normalized spacial score (nSPS) is 23.3. The monoisotopic (exact) mass is 250 g/mol. The number of hydrogen-bond acceptors (Lipinski definition) is 3. The molecule has 100 valence electrons. The molecule has 1 heterocycles. The van der Waals surface area contributed by atoms with Gasteiger partial charge < -0.3 is 10.6 Å². The van der Waals surface area contributed by atoms with Gasteiger partial charge in [0.05, 0.1) is 11.3 Å². The summed E-state index contributed by atoms with van der Waals surface area (Å²) in [4.78, 5) is 14.3. The molecule has 2 rings (SSSR count). The van der Waals surface area contributed by atoms with Gasteiger partial charge in [-0.1, -0.05) is 6.42 Å². The molecule has 1 aromatic heterocycles. The highest BCUT2D eigenvalue weighted by Gasteiger charge is 2.32. The minimum absolute atomic E-state index is 0.0611. The first kappa shape index (κ1) is 13.1. The summed E-state index contributed by atoms with van der Waals surface area (Å²) >= 11 is 0. The smallest absolute Gasteiger partial charge is 0.257 e. The van der Waals surface area contributed by atoms with E-state index in [4.69, 9.17) is 5.73 Å². The van der Waals surface area contributed by atoms with Crippen LogP contribution >= 0.6 is 0 Å². The molecule has 0 radical (unpaired) electrons. The molecule has 2 atom stereocenters. The van der Waals surface area contributed by atoms with Crippen molar-refractivity contribution < 1.29 is 4.79 Å². The summed E-state index contributed by atoms with van der Waals surface area (Å²) in [6.07, 6.45) is 5.14. The van der Waals surface area contributed by atoms with Crippen LogP contribution in [0.3, 0.4) is 0 Å². The molecule has 18 heavy (non-hydrogen) atoms. The molecular formula is C13H22N4O. The van der Waals surface area contributed by atoms with E-state index in [2.05, 4.69) is 5.10 Å². The highest BCUT2D eigenvalue weighted by molar-refractivity contribution is 5.95. The number of nitrogens with zero attached hydrogens (tertiary/aromatic N) is 3. The lowest BCUT2D eigenvalue weighted by molar-refractivity contribution is 0.0699. The third-order valence-corrected chi connectivity index (χ3v) is 3.98. The average molecular weight is 250 g/mol. The second-order valence-corrected chi connectivity index (χ2v) is 5.21. The molecule has 0 spiro atoms. The van der Waals surface area contributed by atoms with Gasteiger partial charge in [-0.05, 0) is 32.2 Å². The number of hydrogen-bond donors (Lipinski definition) is 1. The zero-order valence-corrected chi connectivity index (χ0v) is 11.4. The molecule has 1 aliphatic rings. The van der Waals surface area contributed by atoms with Crippen LogP contribution in [0.1, 0.15) is 35.3 Å². The van der Waals surface area contributed by atoms with E-state index in [1.165, 1.54) is 0 Å². The molecule has 0 saturated heterocycles. The number of aromatic nitrogens is 2. The fourth-order valence-corrected chi connectivity index (χ4v) is 2.95. The first-order valence-corrected chi connectivity index (χ1v) is 6.52. The third-order valence-electron chi connectivity index (χ3n) is 3.98. The van der Waals surface area contributed by atoms with E-state index < -0.39 is 0 Å². The van der Waals surface area contributed by atoms with Crippen molar-refractivity contribution in [3.8, 4) is 0 Å². The lowest BCUT2D eigenvalue weighted by Crippen LogP contribution is -2.41. The lowest BCUT2D eigenvalue weighted by atomic mass is 10.0. The minimum atomic E-state index is 0.0611. The van der Waals surface area contributed by atoms with Crippen molar-refractivity contribution >= 4 is 5.91 Å². The SMILES string of the molecule is Cc1nn(C)cc1C(=O)N(C)C1CCCC1CN. The van der Waals surface area contributed by atoms with Crippen LogP contribution in [0.5, 0.6) is 0 Å². The average Bonchev–Trinajstić information content (AvgIpc) is 2.93. The van der Waals surface area contributed by atoms with Crippen LogP contribution in [-0.2, 0) is 7.05 Å². The number of carbonyl (C=O) groups excluding carboxylic acids is 1. The Morgan fingerprint density at radius 3 is 2.89 bits per heavy atom. The van der Waals surface area contributed by atoms with Crippen molar-refractivity contribution in [1.82, 2.24) is 14.7 Å². The van der Waals surface area contributed by atoms with Crippen LogP contribution < -0.4 is 5.73 Å². The zero-order valence-electron chi connectivity index (χ0n) is 11.4. The van der Waals surface area contributed by atoms with Crippen LogP contribution in [0.25, 0.3) is 0 Å². The first-order valence-electron chi connectivity index (χ1n) is 6.52. The predicted molar refractivity (Wildman–Crippen MR) is 70.2 cm³/mol. The minimum Gasteiger partial charge on any atom is -0.338 e. The number of aryl methyl sites for hydroxylation is 2. The molecule has 0 aliphatic heterocycles. The number of nitrogens with two attached hydrogens (primary N) is 1. The van der Waals surface area contributed by atoms with E-state index in [-0.39, 0.29) is 11.9 Å². The lowest BCUT2D eigenvalue weighted by Gasteiger charge is -2.29. The van der Waals surface area contributed by atoms with Crippen molar-refractivity contribution in [2.75, 3.05) is 13.6 Å². The Morgan fingerprint density at radius 2 is 2.33 bits per heavy atom. The molecule has 2 N–H and O–H groups in total. The molecule has 0 bridgehead atoms. The Balaban J connectivity index is 2.16.